The van der Waals surface area contributed by atoms with E-state index in [0.717, 1.165) is 47.6 Å². The highest BCUT2D eigenvalue weighted by molar-refractivity contribution is 8.32. The van der Waals surface area contributed by atoms with Crippen LogP contribution in [0.15, 0.2) is 55.0 Å². The number of ether oxygens (including phenoxy) is 2. The summed E-state index contributed by atoms with van der Waals surface area (Å²) in [4.78, 5) is 23.7. The smallest absolute Gasteiger partial charge is 0.410 e. The standard InChI is InChI=1S/C27H35N5O3S/c1-36(2,3)16-15-34-20-31-14-11-23-26(31)29-18-25-28-17-24(32(23)25)22-9-12-30(13-10-22)27(33)35-19-21-7-5-4-6-8-21/h4-8,11,14,17-18,22H,9-10,12-13,15-16,19-20H2,1-3H3. The minimum Gasteiger partial charge on any atom is -0.445 e. The Kier molecular flexibility index (Phi) is 7.20. The lowest BCUT2D eigenvalue weighted by Gasteiger charge is -2.31. The molecule has 0 bridgehead atoms. The molecule has 1 aliphatic rings. The van der Waals surface area contributed by atoms with Crippen LogP contribution < -0.4 is 0 Å². The van der Waals surface area contributed by atoms with Crippen molar-refractivity contribution in [3.05, 3.63) is 66.2 Å². The van der Waals surface area contributed by atoms with Gasteiger partial charge < -0.3 is 18.9 Å². The molecule has 192 valence electrons. The number of aromatic nitrogens is 4. The van der Waals surface area contributed by atoms with Crippen molar-refractivity contribution in [2.75, 3.05) is 44.2 Å². The summed E-state index contributed by atoms with van der Waals surface area (Å²) in [5.41, 5.74) is 4.94. The average molecular weight is 510 g/mol. The molecule has 0 atom stereocenters. The zero-order valence-electron chi connectivity index (χ0n) is 21.3. The number of rotatable bonds is 8. The highest BCUT2D eigenvalue weighted by Gasteiger charge is 2.27. The molecule has 4 heterocycles. The topological polar surface area (TPSA) is 73.9 Å². The third-order valence-electron chi connectivity index (χ3n) is 6.72. The Bertz CT molecular complexity index is 1320. The largest absolute Gasteiger partial charge is 0.445 e. The van der Waals surface area contributed by atoms with E-state index in [9.17, 15) is 4.79 Å². The lowest BCUT2D eigenvalue weighted by Crippen LogP contribution is -2.38. The molecular weight excluding hydrogens is 474 g/mol. The summed E-state index contributed by atoms with van der Waals surface area (Å²) in [5, 5.41) is 0. The summed E-state index contributed by atoms with van der Waals surface area (Å²) in [6, 6.07) is 11.9. The molecule has 0 aliphatic carbocycles. The van der Waals surface area contributed by atoms with E-state index in [4.69, 9.17) is 9.47 Å². The van der Waals surface area contributed by atoms with Crippen LogP contribution >= 0.6 is 10.0 Å². The first-order chi connectivity index (χ1) is 17.4. The van der Waals surface area contributed by atoms with Gasteiger partial charge in [-0.05, 0) is 43.2 Å². The van der Waals surface area contributed by atoms with Crippen molar-refractivity contribution in [2.45, 2.75) is 32.1 Å². The molecular formula is C27H35N5O3S. The molecule has 0 saturated carbocycles. The van der Waals surface area contributed by atoms with Crippen LogP contribution in [0.3, 0.4) is 0 Å². The quantitative estimate of drug-likeness (QED) is 0.317. The molecule has 4 aromatic rings. The van der Waals surface area contributed by atoms with Gasteiger partial charge in [0.1, 0.15) is 13.3 Å². The second kappa shape index (κ2) is 10.5. The van der Waals surface area contributed by atoms with Gasteiger partial charge in [-0.2, -0.15) is 0 Å². The Labute approximate surface area is 213 Å². The van der Waals surface area contributed by atoms with Gasteiger partial charge in [0.25, 0.3) is 0 Å². The molecule has 5 rings (SSSR count). The lowest BCUT2D eigenvalue weighted by atomic mass is 9.94. The van der Waals surface area contributed by atoms with Crippen LogP contribution in [0.25, 0.3) is 16.8 Å². The van der Waals surface area contributed by atoms with Crippen LogP contribution in [-0.2, 0) is 22.8 Å². The van der Waals surface area contributed by atoms with Gasteiger partial charge in [-0.25, -0.2) is 24.8 Å². The highest BCUT2D eigenvalue weighted by atomic mass is 32.3. The van der Waals surface area contributed by atoms with Gasteiger partial charge in [0.15, 0.2) is 11.3 Å². The maximum absolute atomic E-state index is 12.6. The van der Waals surface area contributed by atoms with E-state index in [1.54, 1.807) is 0 Å². The Morgan fingerprint density at radius 2 is 1.83 bits per heavy atom. The minimum atomic E-state index is -0.567. The van der Waals surface area contributed by atoms with Crippen molar-refractivity contribution < 1.29 is 14.3 Å². The highest BCUT2D eigenvalue weighted by Crippen LogP contribution is 2.34. The predicted molar refractivity (Wildman–Crippen MR) is 145 cm³/mol. The Hall–Kier alpha value is -3.04. The summed E-state index contributed by atoms with van der Waals surface area (Å²) in [7, 11) is -0.567. The number of fused-ring (bicyclic) bond motifs is 3. The van der Waals surface area contributed by atoms with E-state index in [1.165, 1.54) is 5.69 Å². The Balaban J connectivity index is 1.24. The molecule has 0 spiro atoms. The van der Waals surface area contributed by atoms with Crippen LogP contribution in [0.1, 0.15) is 30.0 Å². The first-order valence-corrected chi connectivity index (χ1v) is 15.4. The molecule has 1 aliphatic heterocycles. The molecule has 0 N–H and O–H groups in total. The number of hydrogen-bond donors (Lipinski definition) is 0. The second-order valence-electron chi connectivity index (χ2n) is 10.3. The molecule has 1 aromatic carbocycles. The summed E-state index contributed by atoms with van der Waals surface area (Å²) < 4.78 is 15.8. The van der Waals surface area contributed by atoms with Crippen molar-refractivity contribution >= 4 is 32.9 Å². The maximum atomic E-state index is 12.6. The van der Waals surface area contributed by atoms with Crippen LogP contribution in [0.5, 0.6) is 0 Å². The maximum Gasteiger partial charge on any atom is 0.410 e. The molecule has 36 heavy (non-hydrogen) atoms. The molecule has 8 nitrogen and oxygen atoms in total. The third-order valence-corrected chi connectivity index (χ3v) is 8.11. The van der Waals surface area contributed by atoms with Gasteiger partial charge in [-0.3, -0.25) is 4.40 Å². The van der Waals surface area contributed by atoms with Gasteiger partial charge in [-0.1, -0.05) is 30.3 Å². The van der Waals surface area contributed by atoms with Crippen LogP contribution in [0.4, 0.5) is 4.79 Å². The zero-order valence-corrected chi connectivity index (χ0v) is 22.1. The summed E-state index contributed by atoms with van der Waals surface area (Å²) in [6.45, 7) is 2.89. The monoisotopic (exact) mass is 509 g/mol. The fourth-order valence-corrected chi connectivity index (χ4v) is 5.27. The first-order valence-electron chi connectivity index (χ1n) is 12.4. The predicted octanol–water partition coefficient (Wildman–Crippen LogP) is 4.87. The van der Waals surface area contributed by atoms with Gasteiger partial charge in [0, 0.05) is 42.8 Å². The number of carbonyl (C=O) groups excluding carboxylic acids is 1. The fraction of sp³-hybridized carbons (Fsp3) is 0.444. The first kappa shape index (κ1) is 24.6. The number of imidazole rings is 1. The SMILES string of the molecule is CS(C)(C)CCOCn1ccc2c1ncc1ncc(C3CCN(C(=O)OCc4ccccc4)CC3)n12. The van der Waals surface area contributed by atoms with Crippen molar-refractivity contribution in [1.82, 2.24) is 23.8 Å². The third kappa shape index (κ3) is 5.52. The lowest BCUT2D eigenvalue weighted by molar-refractivity contribution is 0.0868. The van der Waals surface area contributed by atoms with E-state index in [0.29, 0.717) is 32.3 Å². The fourth-order valence-electron chi connectivity index (χ4n) is 4.65. The van der Waals surface area contributed by atoms with Crippen molar-refractivity contribution in [2.24, 2.45) is 0 Å². The average Bonchev–Trinajstić information content (AvgIpc) is 3.49. The normalized spacial score (nSPS) is 15.6. The Morgan fingerprint density at radius 3 is 2.58 bits per heavy atom. The molecule has 1 fully saturated rings. The van der Waals surface area contributed by atoms with Crippen LogP contribution in [-0.4, -0.2) is 74.1 Å². The molecule has 3 aromatic heterocycles. The van der Waals surface area contributed by atoms with Gasteiger partial charge in [-0.15, -0.1) is 0 Å². The minimum absolute atomic E-state index is 0.243. The molecule has 0 unspecified atom stereocenters. The van der Waals surface area contributed by atoms with E-state index in [-0.39, 0.29) is 6.09 Å². The number of hydrogen-bond acceptors (Lipinski definition) is 5. The van der Waals surface area contributed by atoms with Gasteiger partial charge in [0.05, 0.1) is 18.3 Å². The number of piperidine rings is 1. The second-order valence-corrected chi connectivity index (χ2v) is 14.9. The van der Waals surface area contributed by atoms with E-state index in [2.05, 4.69) is 43.8 Å². The zero-order chi connectivity index (χ0) is 25.1. The Morgan fingerprint density at radius 1 is 1.06 bits per heavy atom. The van der Waals surface area contributed by atoms with Gasteiger partial charge in [0.2, 0.25) is 0 Å². The van der Waals surface area contributed by atoms with Crippen molar-refractivity contribution in [3.8, 4) is 0 Å². The molecule has 1 saturated heterocycles. The summed E-state index contributed by atoms with van der Waals surface area (Å²) in [5.74, 6) is 1.41. The molecule has 0 radical (unpaired) electrons. The number of carbonyl (C=O) groups is 1. The van der Waals surface area contributed by atoms with E-state index < -0.39 is 10.0 Å². The number of benzene rings is 1. The summed E-state index contributed by atoms with van der Waals surface area (Å²) in [6.07, 6.45) is 14.2. The van der Waals surface area contributed by atoms with Crippen molar-refractivity contribution in [1.29, 1.82) is 0 Å². The number of likely N-dealkylation sites (tertiary alicyclic amines) is 1. The number of nitrogens with zero attached hydrogens (tertiary/aromatic N) is 5. The van der Waals surface area contributed by atoms with Gasteiger partial charge >= 0.3 is 6.09 Å². The molecule has 9 heteroatoms. The summed E-state index contributed by atoms with van der Waals surface area (Å²) >= 11 is 0. The van der Waals surface area contributed by atoms with Crippen LogP contribution in [0, 0.1) is 0 Å². The van der Waals surface area contributed by atoms with E-state index >= 15 is 0 Å². The van der Waals surface area contributed by atoms with E-state index in [1.807, 2.05) is 53.8 Å². The number of amides is 1. The van der Waals surface area contributed by atoms with Crippen LogP contribution in [0.2, 0.25) is 0 Å². The van der Waals surface area contributed by atoms with Crippen molar-refractivity contribution in [3.63, 3.8) is 0 Å². The molecule has 1 amide bonds.